The molecule has 1 amide bonds. The highest BCUT2D eigenvalue weighted by Crippen LogP contribution is 2.27. The SMILES string of the molecule is COc1ccccc1-c1noc(COC(=O)CNC(=O)c2ccc(C(C)(C)C)cc2)n1. The summed E-state index contributed by atoms with van der Waals surface area (Å²) < 4.78 is 15.5. The van der Waals surface area contributed by atoms with E-state index in [9.17, 15) is 9.59 Å². The topological polar surface area (TPSA) is 104 Å². The molecular formula is C23H25N3O5. The van der Waals surface area contributed by atoms with Gasteiger partial charge < -0.3 is 19.3 Å². The summed E-state index contributed by atoms with van der Waals surface area (Å²) >= 11 is 0. The van der Waals surface area contributed by atoms with Crippen LogP contribution in [0, 0.1) is 0 Å². The highest BCUT2D eigenvalue weighted by molar-refractivity contribution is 5.95. The van der Waals surface area contributed by atoms with Crippen LogP contribution in [0.1, 0.15) is 42.6 Å². The van der Waals surface area contributed by atoms with Crippen molar-refractivity contribution in [3.8, 4) is 17.1 Å². The predicted molar refractivity (Wildman–Crippen MR) is 114 cm³/mol. The smallest absolute Gasteiger partial charge is 0.325 e. The molecule has 0 spiro atoms. The fourth-order valence-corrected chi connectivity index (χ4v) is 2.82. The highest BCUT2D eigenvalue weighted by atomic mass is 16.6. The van der Waals surface area contributed by atoms with Crippen molar-refractivity contribution in [1.29, 1.82) is 0 Å². The van der Waals surface area contributed by atoms with Crippen molar-refractivity contribution in [2.24, 2.45) is 0 Å². The lowest BCUT2D eigenvalue weighted by atomic mass is 9.87. The Morgan fingerprint density at radius 2 is 1.77 bits per heavy atom. The van der Waals surface area contributed by atoms with E-state index in [2.05, 4.69) is 36.2 Å². The fourth-order valence-electron chi connectivity index (χ4n) is 2.82. The summed E-state index contributed by atoms with van der Waals surface area (Å²) in [6, 6.07) is 14.5. The number of carbonyl (C=O) groups excluding carboxylic acids is 2. The van der Waals surface area contributed by atoms with Crippen LogP contribution in [0.5, 0.6) is 5.75 Å². The number of benzene rings is 2. The summed E-state index contributed by atoms with van der Waals surface area (Å²) in [4.78, 5) is 28.4. The van der Waals surface area contributed by atoms with Crippen molar-refractivity contribution in [3.05, 3.63) is 65.5 Å². The Kier molecular flexibility index (Phi) is 6.69. The summed E-state index contributed by atoms with van der Waals surface area (Å²) in [5, 5.41) is 6.43. The number of carbonyl (C=O) groups is 2. The van der Waals surface area contributed by atoms with Crippen LogP contribution in [-0.4, -0.2) is 35.7 Å². The minimum absolute atomic E-state index is 0.000929. The standard InChI is InChI=1S/C23H25N3O5/c1-23(2,3)16-11-9-15(10-12-16)22(28)24-13-20(27)30-14-19-25-21(26-31-19)17-7-5-6-8-18(17)29-4/h5-12H,13-14H2,1-4H3,(H,24,28). The maximum atomic E-state index is 12.2. The number of esters is 1. The van der Waals surface area contributed by atoms with Gasteiger partial charge in [-0.05, 0) is 35.2 Å². The Morgan fingerprint density at radius 1 is 1.06 bits per heavy atom. The van der Waals surface area contributed by atoms with E-state index < -0.39 is 5.97 Å². The van der Waals surface area contributed by atoms with Gasteiger partial charge in [0.2, 0.25) is 5.82 Å². The number of hydrogen-bond donors (Lipinski definition) is 1. The molecule has 0 atom stereocenters. The first-order valence-corrected chi connectivity index (χ1v) is 9.78. The largest absolute Gasteiger partial charge is 0.496 e. The monoisotopic (exact) mass is 423 g/mol. The van der Waals surface area contributed by atoms with Gasteiger partial charge in [-0.3, -0.25) is 9.59 Å². The van der Waals surface area contributed by atoms with E-state index in [1.807, 2.05) is 24.3 Å². The van der Waals surface area contributed by atoms with E-state index >= 15 is 0 Å². The van der Waals surface area contributed by atoms with Crippen molar-refractivity contribution < 1.29 is 23.6 Å². The average molecular weight is 423 g/mol. The molecule has 162 valence electrons. The molecule has 0 aliphatic heterocycles. The third-order valence-electron chi connectivity index (χ3n) is 4.58. The molecule has 0 saturated heterocycles. The molecule has 2 aromatic carbocycles. The molecule has 0 fully saturated rings. The molecule has 0 bridgehead atoms. The van der Waals surface area contributed by atoms with Gasteiger partial charge in [0.05, 0.1) is 12.7 Å². The second-order valence-electron chi connectivity index (χ2n) is 7.88. The second kappa shape index (κ2) is 9.42. The summed E-state index contributed by atoms with van der Waals surface area (Å²) in [6.07, 6.45) is 0. The van der Waals surface area contributed by atoms with Gasteiger partial charge in [0.15, 0.2) is 6.61 Å². The molecule has 1 heterocycles. The van der Waals surface area contributed by atoms with Crippen molar-refractivity contribution >= 4 is 11.9 Å². The normalized spacial score (nSPS) is 11.1. The quantitative estimate of drug-likeness (QED) is 0.580. The van der Waals surface area contributed by atoms with Crippen LogP contribution < -0.4 is 10.1 Å². The molecule has 1 aromatic heterocycles. The lowest BCUT2D eigenvalue weighted by molar-refractivity contribution is -0.144. The maximum Gasteiger partial charge on any atom is 0.325 e. The van der Waals surface area contributed by atoms with Crippen molar-refractivity contribution in [2.45, 2.75) is 32.8 Å². The van der Waals surface area contributed by atoms with Crippen LogP contribution in [0.4, 0.5) is 0 Å². The first-order chi connectivity index (χ1) is 14.8. The van der Waals surface area contributed by atoms with Crippen LogP contribution in [0.15, 0.2) is 53.1 Å². The molecule has 0 unspecified atom stereocenters. The van der Waals surface area contributed by atoms with E-state index in [1.54, 1.807) is 31.4 Å². The molecular weight excluding hydrogens is 398 g/mol. The molecule has 0 aliphatic rings. The summed E-state index contributed by atoms with van der Waals surface area (Å²) in [7, 11) is 1.55. The van der Waals surface area contributed by atoms with Crippen LogP contribution in [-0.2, 0) is 21.6 Å². The van der Waals surface area contributed by atoms with Gasteiger partial charge in [-0.25, -0.2) is 0 Å². The Hall–Kier alpha value is -3.68. The summed E-state index contributed by atoms with van der Waals surface area (Å²) in [5.41, 5.74) is 2.25. The molecule has 1 N–H and O–H groups in total. The van der Waals surface area contributed by atoms with E-state index in [0.717, 1.165) is 5.56 Å². The van der Waals surface area contributed by atoms with Gasteiger partial charge >= 0.3 is 5.97 Å². The van der Waals surface area contributed by atoms with Crippen molar-refractivity contribution in [3.63, 3.8) is 0 Å². The van der Waals surface area contributed by atoms with Crippen LogP contribution in [0.2, 0.25) is 0 Å². The Labute approximate surface area is 180 Å². The lowest BCUT2D eigenvalue weighted by Gasteiger charge is -2.19. The minimum Gasteiger partial charge on any atom is -0.496 e. The first-order valence-electron chi connectivity index (χ1n) is 9.78. The zero-order chi connectivity index (χ0) is 22.4. The maximum absolute atomic E-state index is 12.2. The Morgan fingerprint density at radius 3 is 2.45 bits per heavy atom. The summed E-state index contributed by atoms with van der Waals surface area (Å²) in [5.74, 6) is 0.101. The number of amides is 1. The number of hydrogen-bond acceptors (Lipinski definition) is 7. The van der Waals surface area contributed by atoms with Gasteiger partial charge in [-0.15, -0.1) is 0 Å². The molecule has 3 aromatic rings. The highest BCUT2D eigenvalue weighted by Gasteiger charge is 2.16. The number of aromatic nitrogens is 2. The molecule has 0 radical (unpaired) electrons. The Bertz CT molecular complexity index is 1050. The van der Waals surface area contributed by atoms with Crippen LogP contribution in [0.3, 0.4) is 0 Å². The van der Waals surface area contributed by atoms with Gasteiger partial charge in [-0.1, -0.05) is 50.2 Å². The number of methoxy groups -OCH3 is 1. The van der Waals surface area contributed by atoms with Gasteiger partial charge in [0.1, 0.15) is 12.3 Å². The number of nitrogens with zero attached hydrogens (tertiary/aromatic N) is 2. The van der Waals surface area contributed by atoms with Crippen LogP contribution >= 0.6 is 0 Å². The zero-order valence-corrected chi connectivity index (χ0v) is 18.0. The van der Waals surface area contributed by atoms with E-state index in [-0.39, 0.29) is 30.4 Å². The van der Waals surface area contributed by atoms with Crippen LogP contribution in [0.25, 0.3) is 11.4 Å². The zero-order valence-electron chi connectivity index (χ0n) is 18.0. The van der Waals surface area contributed by atoms with E-state index in [0.29, 0.717) is 22.7 Å². The molecule has 8 heteroatoms. The number of nitrogens with one attached hydrogen (secondary N) is 1. The van der Waals surface area contributed by atoms with Crippen molar-refractivity contribution in [2.75, 3.05) is 13.7 Å². The van der Waals surface area contributed by atoms with Crippen molar-refractivity contribution in [1.82, 2.24) is 15.5 Å². The number of ether oxygens (including phenoxy) is 2. The van der Waals surface area contributed by atoms with Gasteiger partial charge in [0.25, 0.3) is 11.8 Å². The first kappa shape index (κ1) is 22.0. The number of para-hydroxylation sites is 1. The van der Waals surface area contributed by atoms with E-state index in [4.69, 9.17) is 14.0 Å². The lowest BCUT2D eigenvalue weighted by Crippen LogP contribution is -2.30. The summed E-state index contributed by atoms with van der Waals surface area (Å²) in [6.45, 7) is 5.83. The Balaban J connectivity index is 1.49. The molecule has 31 heavy (non-hydrogen) atoms. The van der Waals surface area contributed by atoms with Gasteiger partial charge in [-0.2, -0.15) is 4.98 Å². The number of rotatable bonds is 7. The molecule has 8 nitrogen and oxygen atoms in total. The molecule has 0 aliphatic carbocycles. The predicted octanol–water partition coefficient (Wildman–Crippen LogP) is 3.52. The van der Waals surface area contributed by atoms with E-state index in [1.165, 1.54) is 0 Å². The average Bonchev–Trinajstić information content (AvgIpc) is 3.24. The molecule has 0 saturated carbocycles. The van der Waals surface area contributed by atoms with Gasteiger partial charge in [0, 0.05) is 5.56 Å². The minimum atomic E-state index is -0.614. The second-order valence-corrected chi connectivity index (χ2v) is 7.88. The third-order valence-corrected chi connectivity index (χ3v) is 4.58. The fraction of sp³-hybridized carbons (Fsp3) is 0.304. The third kappa shape index (κ3) is 5.69. The molecule has 3 rings (SSSR count).